The van der Waals surface area contributed by atoms with Crippen molar-refractivity contribution in [3.8, 4) is 5.75 Å². The van der Waals surface area contributed by atoms with Crippen LogP contribution in [-0.2, 0) is 14.3 Å². The number of hydrogen-bond acceptors (Lipinski definition) is 5. The van der Waals surface area contributed by atoms with Gasteiger partial charge in [-0.25, -0.2) is 9.79 Å². The highest BCUT2D eigenvalue weighted by atomic mass is 16.6. The summed E-state index contributed by atoms with van der Waals surface area (Å²) in [4.78, 5) is 27.1. The maximum absolute atomic E-state index is 12.0. The summed E-state index contributed by atoms with van der Waals surface area (Å²) in [5.41, 5.74) is 2.85. The van der Waals surface area contributed by atoms with Crippen molar-refractivity contribution in [2.24, 2.45) is 4.99 Å². The molecule has 0 bridgehead atoms. The van der Waals surface area contributed by atoms with E-state index in [1.165, 1.54) is 6.92 Å². The molecule has 0 saturated heterocycles. The Labute approximate surface area is 139 Å². The third kappa shape index (κ3) is 3.57. The fraction of sp³-hybridized carbons (Fsp3) is 0.105. The Balaban J connectivity index is 1.83. The molecule has 0 radical (unpaired) electrons. The molecule has 120 valence electrons. The first kappa shape index (κ1) is 15.7. The van der Waals surface area contributed by atoms with Crippen LogP contribution < -0.4 is 4.74 Å². The maximum atomic E-state index is 12.0. The smallest absolute Gasteiger partial charge is 0.363 e. The monoisotopic (exact) mass is 321 g/mol. The zero-order chi connectivity index (χ0) is 17.1. The van der Waals surface area contributed by atoms with E-state index in [1.54, 1.807) is 30.3 Å². The molecule has 24 heavy (non-hydrogen) atoms. The lowest BCUT2D eigenvalue weighted by atomic mass is 10.1. The average molecular weight is 321 g/mol. The van der Waals surface area contributed by atoms with E-state index >= 15 is 0 Å². The fourth-order valence-corrected chi connectivity index (χ4v) is 2.18. The Morgan fingerprint density at radius 1 is 1.08 bits per heavy atom. The maximum Gasteiger partial charge on any atom is 0.363 e. The highest BCUT2D eigenvalue weighted by Gasteiger charge is 2.23. The molecule has 1 heterocycles. The van der Waals surface area contributed by atoms with Gasteiger partial charge in [0.15, 0.2) is 5.70 Å². The van der Waals surface area contributed by atoms with Crippen molar-refractivity contribution in [3.63, 3.8) is 0 Å². The predicted molar refractivity (Wildman–Crippen MR) is 89.5 cm³/mol. The lowest BCUT2D eigenvalue weighted by molar-refractivity contribution is -0.132. The predicted octanol–water partition coefficient (Wildman–Crippen LogP) is 3.26. The molecule has 0 unspecified atom stereocenters. The molecule has 0 aliphatic carbocycles. The van der Waals surface area contributed by atoms with Gasteiger partial charge in [0, 0.05) is 12.5 Å². The van der Waals surface area contributed by atoms with Gasteiger partial charge in [0.25, 0.3) is 0 Å². The first-order valence-electron chi connectivity index (χ1n) is 7.39. The minimum Gasteiger partial charge on any atom is -0.427 e. The Morgan fingerprint density at radius 3 is 2.38 bits per heavy atom. The van der Waals surface area contributed by atoms with E-state index in [9.17, 15) is 9.59 Å². The van der Waals surface area contributed by atoms with Crippen molar-refractivity contribution < 1.29 is 19.1 Å². The van der Waals surface area contributed by atoms with Gasteiger partial charge in [-0.15, -0.1) is 0 Å². The third-order valence-electron chi connectivity index (χ3n) is 3.36. The zero-order valence-corrected chi connectivity index (χ0v) is 13.3. The molecule has 0 amide bonds. The normalized spacial score (nSPS) is 15.2. The van der Waals surface area contributed by atoms with Gasteiger partial charge in [-0.05, 0) is 42.8 Å². The molecule has 0 fully saturated rings. The van der Waals surface area contributed by atoms with Crippen LogP contribution >= 0.6 is 0 Å². The Bertz CT molecular complexity index is 846. The molecule has 0 saturated carbocycles. The molecule has 0 aromatic heterocycles. The number of aliphatic imine (C=N–C) groups is 1. The highest BCUT2D eigenvalue weighted by Crippen LogP contribution is 2.20. The zero-order valence-electron chi connectivity index (χ0n) is 13.3. The van der Waals surface area contributed by atoms with Crippen molar-refractivity contribution in [1.82, 2.24) is 0 Å². The molecule has 0 spiro atoms. The minimum absolute atomic E-state index is 0.228. The lowest BCUT2D eigenvalue weighted by Crippen LogP contribution is -2.05. The van der Waals surface area contributed by atoms with Crippen LogP contribution in [-0.4, -0.2) is 17.8 Å². The van der Waals surface area contributed by atoms with E-state index in [0.29, 0.717) is 11.6 Å². The van der Waals surface area contributed by atoms with Gasteiger partial charge in [0.2, 0.25) is 5.90 Å². The van der Waals surface area contributed by atoms with Crippen LogP contribution in [0.25, 0.3) is 6.08 Å². The van der Waals surface area contributed by atoms with Crippen LogP contribution in [0, 0.1) is 6.92 Å². The van der Waals surface area contributed by atoms with Gasteiger partial charge in [-0.3, -0.25) is 4.79 Å². The lowest BCUT2D eigenvalue weighted by Gasteiger charge is -2.00. The molecular formula is C19H15NO4. The molecule has 5 heteroatoms. The van der Waals surface area contributed by atoms with E-state index in [4.69, 9.17) is 9.47 Å². The first-order chi connectivity index (χ1) is 11.5. The van der Waals surface area contributed by atoms with Crippen molar-refractivity contribution >= 4 is 23.9 Å². The summed E-state index contributed by atoms with van der Waals surface area (Å²) in [6.07, 6.45) is 1.63. The second kappa shape index (κ2) is 6.50. The van der Waals surface area contributed by atoms with Crippen LogP contribution in [0.4, 0.5) is 0 Å². The summed E-state index contributed by atoms with van der Waals surface area (Å²) < 4.78 is 10.2. The van der Waals surface area contributed by atoms with Crippen molar-refractivity contribution in [1.29, 1.82) is 0 Å². The molecule has 3 rings (SSSR count). The van der Waals surface area contributed by atoms with Gasteiger partial charge in [-0.2, -0.15) is 0 Å². The summed E-state index contributed by atoms with van der Waals surface area (Å²) in [5, 5.41) is 0. The van der Waals surface area contributed by atoms with Crippen molar-refractivity contribution in [2.45, 2.75) is 13.8 Å². The second-order valence-electron chi connectivity index (χ2n) is 5.36. The number of aryl methyl sites for hydroxylation is 1. The molecular weight excluding hydrogens is 306 g/mol. The van der Waals surface area contributed by atoms with Gasteiger partial charge >= 0.3 is 11.9 Å². The summed E-state index contributed by atoms with van der Waals surface area (Å²) >= 11 is 0. The van der Waals surface area contributed by atoms with E-state index in [1.807, 2.05) is 31.2 Å². The molecule has 0 N–H and O–H groups in total. The molecule has 2 aromatic rings. The van der Waals surface area contributed by atoms with Crippen molar-refractivity contribution in [2.75, 3.05) is 0 Å². The average Bonchev–Trinajstić information content (AvgIpc) is 2.90. The molecule has 5 nitrogen and oxygen atoms in total. The third-order valence-corrected chi connectivity index (χ3v) is 3.36. The van der Waals surface area contributed by atoms with Gasteiger partial charge in [0.1, 0.15) is 5.75 Å². The topological polar surface area (TPSA) is 65.0 Å². The Morgan fingerprint density at radius 2 is 1.75 bits per heavy atom. The summed E-state index contributed by atoms with van der Waals surface area (Å²) in [7, 11) is 0. The number of esters is 2. The Hall–Kier alpha value is -3.21. The quantitative estimate of drug-likeness (QED) is 0.494. The molecule has 0 atom stereocenters. The summed E-state index contributed by atoms with van der Waals surface area (Å²) in [6, 6.07) is 14.4. The van der Waals surface area contributed by atoms with Crippen LogP contribution in [0.1, 0.15) is 23.6 Å². The van der Waals surface area contributed by atoms with Crippen LogP contribution in [0.5, 0.6) is 5.75 Å². The first-order valence-corrected chi connectivity index (χ1v) is 7.39. The van der Waals surface area contributed by atoms with E-state index in [0.717, 1.165) is 16.7 Å². The minimum atomic E-state index is -0.491. The number of carbonyl (C=O) groups is 2. The number of cyclic esters (lactones) is 1. The second-order valence-corrected chi connectivity index (χ2v) is 5.36. The number of hydrogen-bond donors (Lipinski definition) is 0. The largest absolute Gasteiger partial charge is 0.427 e. The number of carbonyl (C=O) groups excluding carboxylic acids is 2. The summed E-state index contributed by atoms with van der Waals surface area (Å²) in [6.45, 7) is 3.32. The van der Waals surface area contributed by atoms with Gasteiger partial charge in [-0.1, -0.05) is 29.8 Å². The fourth-order valence-electron chi connectivity index (χ4n) is 2.18. The van der Waals surface area contributed by atoms with Crippen LogP contribution in [0.15, 0.2) is 59.2 Å². The molecule has 1 aliphatic heterocycles. The summed E-state index contributed by atoms with van der Waals surface area (Å²) in [5.74, 6) is -0.132. The Kier molecular flexibility index (Phi) is 4.24. The number of nitrogens with zero attached hydrogens (tertiary/aromatic N) is 1. The van der Waals surface area contributed by atoms with Crippen LogP contribution in [0.3, 0.4) is 0 Å². The van der Waals surface area contributed by atoms with E-state index in [2.05, 4.69) is 4.99 Å². The highest BCUT2D eigenvalue weighted by molar-refractivity contribution is 6.12. The standard InChI is InChI=1S/C19H15NO4/c1-12-3-7-15(8-4-12)18-20-17(19(22)24-18)11-14-5-9-16(10-6-14)23-13(2)21/h3-11H,1-2H3/b17-11-. The number of rotatable bonds is 3. The van der Waals surface area contributed by atoms with Crippen LogP contribution in [0.2, 0.25) is 0 Å². The molecule has 2 aromatic carbocycles. The van der Waals surface area contributed by atoms with Gasteiger partial charge in [0.05, 0.1) is 0 Å². The van der Waals surface area contributed by atoms with E-state index in [-0.39, 0.29) is 11.7 Å². The number of ether oxygens (including phenoxy) is 2. The SMILES string of the molecule is CC(=O)Oc1ccc(/C=C2\N=C(c3ccc(C)cc3)OC2=O)cc1. The van der Waals surface area contributed by atoms with E-state index < -0.39 is 5.97 Å². The van der Waals surface area contributed by atoms with Crippen molar-refractivity contribution in [3.05, 3.63) is 70.9 Å². The van der Waals surface area contributed by atoms with Gasteiger partial charge < -0.3 is 9.47 Å². The number of benzene rings is 2. The molecule has 1 aliphatic rings.